The van der Waals surface area contributed by atoms with Gasteiger partial charge in [0.2, 0.25) is 0 Å². The van der Waals surface area contributed by atoms with Gasteiger partial charge in [-0.3, -0.25) is 4.79 Å². The van der Waals surface area contributed by atoms with Gasteiger partial charge in [-0.25, -0.2) is 8.42 Å². The molecule has 1 N–H and O–H groups in total. The van der Waals surface area contributed by atoms with E-state index in [0.717, 1.165) is 18.4 Å². The molecule has 0 fully saturated rings. The van der Waals surface area contributed by atoms with Crippen LogP contribution in [0.25, 0.3) is 0 Å². The summed E-state index contributed by atoms with van der Waals surface area (Å²) in [6.07, 6.45) is 4.53. The Bertz CT molecular complexity index is 904. The minimum absolute atomic E-state index is 0.0510. The molecule has 0 saturated carbocycles. The number of rotatable bonds is 6. The summed E-state index contributed by atoms with van der Waals surface area (Å²) in [5, 5.41) is 2.86. The van der Waals surface area contributed by atoms with Crippen molar-refractivity contribution in [2.75, 3.05) is 12.9 Å². The van der Waals surface area contributed by atoms with Crippen LogP contribution >= 0.6 is 0 Å². The molecular formula is C20H23NO4S. The monoisotopic (exact) mass is 373 g/mol. The van der Waals surface area contributed by atoms with Gasteiger partial charge >= 0.3 is 0 Å². The number of amides is 1. The Balaban J connectivity index is 1.54. The zero-order valence-electron chi connectivity index (χ0n) is 15.0. The summed E-state index contributed by atoms with van der Waals surface area (Å²) in [6.45, 7) is 1.80. The lowest BCUT2D eigenvalue weighted by Crippen LogP contribution is -2.31. The Morgan fingerprint density at radius 1 is 1.12 bits per heavy atom. The van der Waals surface area contributed by atoms with E-state index in [9.17, 15) is 13.2 Å². The maximum absolute atomic E-state index is 12.1. The summed E-state index contributed by atoms with van der Waals surface area (Å²) >= 11 is 0. The smallest absolute Gasteiger partial charge is 0.258 e. The fourth-order valence-corrected chi connectivity index (χ4v) is 3.79. The van der Waals surface area contributed by atoms with Gasteiger partial charge in [0.1, 0.15) is 5.75 Å². The molecule has 0 aromatic heterocycles. The first-order valence-electron chi connectivity index (χ1n) is 8.67. The van der Waals surface area contributed by atoms with E-state index in [1.165, 1.54) is 23.8 Å². The summed E-state index contributed by atoms with van der Waals surface area (Å²) in [5.41, 5.74) is 3.51. The fraction of sp³-hybridized carbons (Fsp3) is 0.350. The zero-order chi connectivity index (χ0) is 18.7. The molecule has 6 heteroatoms. The Kier molecular flexibility index (Phi) is 5.32. The lowest BCUT2D eigenvalue weighted by atomic mass is 10.1. The van der Waals surface area contributed by atoms with Crippen molar-refractivity contribution in [3.63, 3.8) is 0 Å². The van der Waals surface area contributed by atoms with Gasteiger partial charge in [0.15, 0.2) is 16.4 Å². The highest BCUT2D eigenvalue weighted by Gasteiger charge is 2.14. The molecule has 0 radical (unpaired) electrons. The highest BCUT2D eigenvalue weighted by molar-refractivity contribution is 7.90. The standard InChI is InChI=1S/C20H23NO4S/c1-14(15-7-10-19(11-8-15)26(2,23)24)21-20(22)13-25-18-9-6-16-4-3-5-17(16)12-18/h6-12,14H,3-5,13H2,1-2H3,(H,21,22)/t14-/m1/s1. The number of ether oxygens (including phenoxy) is 1. The number of benzene rings is 2. The van der Waals surface area contributed by atoms with E-state index < -0.39 is 9.84 Å². The first-order valence-corrected chi connectivity index (χ1v) is 10.6. The van der Waals surface area contributed by atoms with Crippen molar-refractivity contribution in [2.45, 2.75) is 37.1 Å². The third-order valence-corrected chi connectivity index (χ3v) is 5.75. The normalized spacial score (nSPS) is 14.5. The second-order valence-corrected chi connectivity index (χ2v) is 8.72. The maximum atomic E-state index is 12.1. The van der Waals surface area contributed by atoms with Crippen LogP contribution in [-0.2, 0) is 27.5 Å². The number of fused-ring (bicyclic) bond motifs is 1. The molecule has 1 aliphatic rings. The van der Waals surface area contributed by atoms with Crippen LogP contribution in [0.15, 0.2) is 47.4 Å². The Hall–Kier alpha value is -2.34. The molecule has 0 spiro atoms. The molecule has 0 unspecified atom stereocenters. The lowest BCUT2D eigenvalue weighted by molar-refractivity contribution is -0.123. The first-order chi connectivity index (χ1) is 12.3. The average Bonchev–Trinajstić information content (AvgIpc) is 3.07. The number of hydrogen-bond donors (Lipinski definition) is 1. The van der Waals surface area contributed by atoms with Gasteiger partial charge in [0, 0.05) is 6.26 Å². The minimum atomic E-state index is -3.22. The van der Waals surface area contributed by atoms with Crippen molar-refractivity contribution in [1.29, 1.82) is 0 Å². The first kappa shape index (κ1) is 18.5. The van der Waals surface area contributed by atoms with Crippen LogP contribution in [0.3, 0.4) is 0 Å². The molecular weight excluding hydrogens is 350 g/mol. The summed E-state index contributed by atoms with van der Waals surface area (Å²) in [7, 11) is -3.22. The molecule has 0 heterocycles. The predicted octanol–water partition coefficient (Wildman–Crippen LogP) is 2.84. The second kappa shape index (κ2) is 7.50. The van der Waals surface area contributed by atoms with Gasteiger partial charge in [-0.15, -0.1) is 0 Å². The SMILES string of the molecule is C[C@@H](NC(=O)COc1ccc2c(c1)CCC2)c1ccc(S(C)(=O)=O)cc1. The van der Waals surface area contributed by atoms with Gasteiger partial charge in [-0.1, -0.05) is 18.2 Å². The number of sulfone groups is 1. The summed E-state index contributed by atoms with van der Waals surface area (Å²) in [4.78, 5) is 12.4. The van der Waals surface area contributed by atoms with Crippen molar-refractivity contribution in [3.05, 3.63) is 59.2 Å². The van der Waals surface area contributed by atoms with E-state index in [1.807, 2.05) is 19.1 Å². The number of aryl methyl sites for hydroxylation is 2. The van der Waals surface area contributed by atoms with Gasteiger partial charge in [-0.05, 0) is 67.1 Å². The molecule has 26 heavy (non-hydrogen) atoms. The Morgan fingerprint density at radius 2 is 1.81 bits per heavy atom. The van der Waals surface area contributed by atoms with Crippen molar-refractivity contribution in [3.8, 4) is 5.75 Å². The fourth-order valence-electron chi connectivity index (χ4n) is 3.16. The zero-order valence-corrected chi connectivity index (χ0v) is 15.8. The lowest BCUT2D eigenvalue weighted by Gasteiger charge is -2.15. The van der Waals surface area contributed by atoms with Gasteiger partial charge in [0.25, 0.3) is 5.91 Å². The average molecular weight is 373 g/mol. The van der Waals surface area contributed by atoms with Crippen LogP contribution in [0.1, 0.15) is 36.1 Å². The molecule has 0 saturated heterocycles. The molecule has 0 bridgehead atoms. The minimum Gasteiger partial charge on any atom is -0.484 e. The van der Waals surface area contributed by atoms with Gasteiger partial charge in [0.05, 0.1) is 10.9 Å². The number of hydrogen-bond acceptors (Lipinski definition) is 4. The third kappa shape index (κ3) is 4.43. The molecule has 3 rings (SSSR count). The number of carbonyl (C=O) groups excluding carboxylic acids is 1. The van der Waals surface area contributed by atoms with E-state index >= 15 is 0 Å². The summed E-state index contributed by atoms with van der Waals surface area (Å²) in [5.74, 6) is 0.496. The summed E-state index contributed by atoms with van der Waals surface area (Å²) < 4.78 is 28.6. The van der Waals surface area contributed by atoms with Crippen molar-refractivity contribution in [1.82, 2.24) is 5.32 Å². The maximum Gasteiger partial charge on any atom is 0.258 e. The second-order valence-electron chi connectivity index (χ2n) is 6.70. The molecule has 1 aliphatic carbocycles. The molecule has 138 valence electrons. The van der Waals surface area contributed by atoms with E-state index in [4.69, 9.17) is 4.74 Å². The molecule has 0 aliphatic heterocycles. The van der Waals surface area contributed by atoms with Crippen LogP contribution in [-0.4, -0.2) is 27.2 Å². The van der Waals surface area contributed by atoms with Crippen LogP contribution in [0, 0.1) is 0 Å². The van der Waals surface area contributed by atoms with Gasteiger partial charge in [-0.2, -0.15) is 0 Å². The topological polar surface area (TPSA) is 72.5 Å². The molecule has 1 amide bonds. The molecule has 1 atom stereocenters. The number of nitrogens with one attached hydrogen (secondary N) is 1. The van der Waals surface area contributed by atoms with Crippen LogP contribution in [0.2, 0.25) is 0 Å². The van der Waals surface area contributed by atoms with E-state index in [2.05, 4.69) is 11.4 Å². The summed E-state index contributed by atoms with van der Waals surface area (Å²) in [6, 6.07) is 12.3. The highest BCUT2D eigenvalue weighted by atomic mass is 32.2. The largest absolute Gasteiger partial charge is 0.484 e. The van der Waals surface area contributed by atoms with E-state index in [0.29, 0.717) is 5.75 Å². The van der Waals surface area contributed by atoms with E-state index in [-0.39, 0.29) is 23.5 Å². The van der Waals surface area contributed by atoms with Crippen LogP contribution < -0.4 is 10.1 Å². The quantitative estimate of drug-likeness (QED) is 0.845. The molecule has 5 nitrogen and oxygen atoms in total. The van der Waals surface area contributed by atoms with Crippen molar-refractivity contribution in [2.24, 2.45) is 0 Å². The Labute approximate surface area is 154 Å². The molecule has 2 aromatic carbocycles. The van der Waals surface area contributed by atoms with Crippen LogP contribution in [0.4, 0.5) is 0 Å². The number of carbonyl (C=O) groups is 1. The van der Waals surface area contributed by atoms with E-state index in [1.54, 1.807) is 24.3 Å². The van der Waals surface area contributed by atoms with Crippen molar-refractivity contribution >= 4 is 15.7 Å². The predicted molar refractivity (Wildman–Crippen MR) is 100 cm³/mol. The third-order valence-electron chi connectivity index (χ3n) is 4.63. The molecule has 2 aromatic rings. The van der Waals surface area contributed by atoms with Crippen LogP contribution in [0.5, 0.6) is 5.75 Å². The van der Waals surface area contributed by atoms with Gasteiger partial charge < -0.3 is 10.1 Å². The van der Waals surface area contributed by atoms with Crippen molar-refractivity contribution < 1.29 is 17.9 Å². The Morgan fingerprint density at radius 3 is 2.50 bits per heavy atom. The highest BCUT2D eigenvalue weighted by Crippen LogP contribution is 2.26.